The molecule has 26 heavy (non-hydrogen) atoms. The maximum atomic E-state index is 13.2. The van der Waals surface area contributed by atoms with E-state index in [1.807, 2.05) is 32.8 Å². The molecule has 0 saturated carbocycles. The molecular formula is C18H26N4O3S. The van der Waals surface area contributed by atoms with E-state index in [2.05, 4.69) is 4.98 Å². The molecule has 3 heterocycles. The van der Waals surface area contributed by atoms with Gasteiger partial charge in [-0.3, -0.25) is 18.9 Å². The smallest absolute Gasteiger partial charge is 0.319 e. The molecule has 142 valence electrons. The van der Waals surface area contributed by atoms with E-state index in [0.717, 1.165) is 36.6 Å². The Labute approximate surface area is 157 Å². The van der Waals surface area contributed by atoms with E-state index in [1.54, 1.807) is 0 Å². The maximum Gasteiger partial charge on any atom is 0.319 e. The number of methoxy groups -OCH3 is 1. The summed E-state index contributed by atoms with van der Waals surface area (Å²) in [6, 6.07) is 0. The van der Waals surface area contributed by atoms with Crippen molar-refractivity contribution in [1.29, 1.82) is 0 Å². The fourth-order valence-electron chi connectivity index (χ4n) is 3.35. The lowest BCUT2D eigenvalue weighted by Crippen LogP contribution is -2.35. The molecule has 1 amide bonds. The topological polar surface area (TPSA) is 67.2 Å². The minimum Gasteiger partial charge on any atom is -0.468 e. The Hall–Kier alpha value is -1.93. The van der Waals surface area contributed by atoms with Crippen molar-refractivity contribution in [2.24, 2.45) is 0 Å². The first-order valence-corrected chi connectivity index (χ1v) is 9.97. The molecule has 0 bridgehead atoms. The Morgan fingerprint density at radius 2 is 1.92 bits per heavy atom. The number of thiazole rings is 1. The summed E-state index contributed by atoms with van der Waals surface area (Å²) < 4.78 is 6.69. The van der Waals surface area contributed by atoms with Gasteiger partial charge in [0.1, 0.15) is 0 Å². The van der Waals surface area contributed by atoms with Gasteiger partial charge in [-0.2, -0.15) is 0 Å². The lowest BCUT2D eigenvalue weighted by atomic mass is 10.1. The van der Waals surface area contributed by atoms with E-state index >= 15 is 0 Å². The van der Waals surface area contributed by atoms with Crippen molar-refractivity contribution in [2.75, 3.05) is 33.8 Å². The highest BCUT2D eigenvalue weighted by Gasteiger charge is 2.25. The monoisotopic (exact) mass is 378 g/mol. The highest BCUT2D eigenvalue weighted by molar-refractivity contribution is 7.15. The minimum absolute atomic E-state index is 0.00395. The van der Waals surface area contributed by atoms with Crippen molar-refractivity contribution in [2.45, 2.75) is 38.6 Å². The Balaban J connectivity index is 1.83. The van der Waals surface area contributed by atoms with Gasteiger partial charge in [-0.15, -0.1) is 11.3 Å². The molecule has 7 nitrogen and oxygen atoms in total. The number of carbonyl (C=O) groups is 2. The minimum atomic E-state index is -0.296. The first-order valence-electron chi connectivity index (χ1n) is 9.09. The van der Waals surface area contributed by atoms with Gasteiger partial charge in [-0.25, -0.2) is 4.98 Å². The fourth-order valence-corrected chi connectivity index (χ4v) is 4.08. The van der Waals surface area contributed by atoms with E-state index in [1.165, 1.54) is 37.7 Å². The fraction of sp³-hybridized carbons (Fsp3) is 0.611. The predicted octanol–water partition coefficient (Wildman–Crippen LogP) is 2.41. The summed E-state index contributed by atoms with van der Waals surface area (Å²) in [5.41, 5.74) is 1.34. The summed E-state index contributed by atoms with van der Waals surface area (Å²) in [5, 5.41) is 1.95. The number of ether oxygens (including phenoxy) is 1. The maximum absolute atomic E-state index is 13.2. The Bertz CT molecular complexity index is 762. The number of nitrogens with zero attached hydrogens (tertiary/aromatic N) is 4. The average Bonchev–Trinajstić information content (AvgIpc) is 3.16. The molecule has 0 radical (unpaired) electrons. The van der Waals surface area contributed by atoms with Crippen LogP contribution in [0.4, 0.5) is 0 Å². The summed E-state index contributed by atoms with van der Waals surface area (Å²) in [7, 11) is 3.22. The molecule has 0 aliphatic carbocycles. The van der Waals surface area contributed by atoms with Gasteiger partial charge in [-0.05, 0) is 19.9 Å². The van der Waals surface area contributed by atoms with Crippen molar-refractivity contribution in [3.05, 3.63) is 23.0 Å². The number of imidazole rings is 1. The number of fused-ring (bicyclic) bond motifs is 1. The third-order valence-corrected chi connectivity index (χ3v) is 5.51. The van der Waals surface area contributed by atoms with Gasteiger partial charge in [0.05, 0.1) is 19.3 Å². The molecule has 0 unspecified atom stereocenters. The lowest BCUT2D eigenvalue weighted by Gasteiger charge is -2.25. The van der Waals surface area contributed by atoms with Crippen molar-refractivity contribution in [1.82, 2.24) is 19.2 Å². The summed E-state index contributed by atoms with van der Waals surface area (Å²) in [4.78, 5) is 33.9. The standard InChI is InChI=1S/C18H26N4O3S/c1-20(13-15(23)25-2)12-14-16(19-18-22(14)10-11-26-18)17(24)21-8-6-4-3-5-7-9-21/h10-11H,3-9,12-13H2,1-2H3. The van der Waals surface area contributed by atoms with Crippen molar-refractivity contribution < 1.29 is 14.3 Å². The summed E-state index contributed by atoms with van der Waals surface area (Å²) in [5.74, 6) is -0.292. The molecule has 1 fully saturated rings. The van der Waals surface area contributed by atoms with Crippen molar-refractivity contribution >= 4 is 28.2 Å². The molecule has 0 aromatic carbocycles. The van der Waals surface area contributed by atoms with Crippen LogP contribution >= 0.6 is 11.3 Å². The lowest BCUT2D eigenvalue weighted by molar-refractivity contribution is -0.141. The first-order chi connectivity index (χ1) is 12.6. The van der Waals surface area contributed by atoms with Gasteiger partial charge in [0.15, 0.2) is 10.7 Å². The highest BCUT2D eigenvalue weighted by Crippen LogP contribution is 2.21. The molecule has 2 aromatic heterocycles. The second-order valence-corrected chi connectivity index (χ2v) is 7.64. The second kappa shape index (κ2) is 8.64. The second-order valence-electron chi connectivity index (χ2n) is 6.77. The number of amides is 1. The van der Waals surface area contributed by atoms with E-state index in [-0.39, 0.29) is 18.4 Å². The van der Waals surface area contributed by atoms with Crippen LogP contribution in [0.5, 0.6) is 0 Å². The largest absolute Gasteiger partial charge is 0.468 e. The molecule has 1 aliphatic heterocycles. The molecular weight excluding hydrogens is 352 g/mol. The molecule has 8 heteroatoms. The van der Waals surface area contributed by atoms with Gasteiger partial charge in [0.2, 0.25) is 0 Å². The molecule has 0 spiro atoms. The molecule has 3 rings (SSSR count). The van der Waals surface area contributed by atoms with Crippen LogP contribution in [0.2, 0.25) is 0 Å². The Kier molecular flexibility index (Phi) is 6.26. The highest BCUT2D eigenvalue weighted by atomic mass is 32.1. The van der Waals surface area contributed by atoms with Gasteiger partial charge < -0.3 is 9.64 Å². The first kappa shape index (κ1) is 18.8. The number of hydrogen-bond acceptors (Lipinski definition) is 6. The zero-order valence-electron chi connectivity index (χ0n) is 15.4. The summed E-state index contributed by atoms with van der Waals surface area (Å²) >= 11 is 1.51. The molecule has 1 aliphatic rings. The molecule has 0 atom stereocenters. The van der Waals surface area contributed by atoms with Crippen LogP contribution in [0.25, 0.3) is 4.96 Å². The number of hydrogen-bond donors (Lipinski definition) is 0. The average molecular weight is 378 g/mol. The van der Waals surface area contributed by atoms with Crippen LogP contribution in [0.1, 0.15) is 48.3 Å². The van der Waals surface area contributed by atoms with E-state index < -0.39 is 0 Å². The Morgan fingerprint density at radius 3 is 2.62 bits per heavy atom. The van der Waals surface area contributed by atoms with Crippen molar-refractivity contribution in [3.63, 3.8) is 0 Å². The van der Waals surface area contributed by atoms with Gasteiger partial charge in [-0.1, -0.05) is 19.3 Å². The zero-order valence-corrected chi connectivity index (χ0v) is 16.3. The normalized spacial score (nSPS) is 15.9. The third-order valence-electron chi connectivity index (χ3n) is 4.75. The number of rotatable bonds is 5. The van der Waals surface area contributed by atoms with Gasteiger partial charge >= 0.3 is 5.97 Å². The Morgan fingerprint density at radius 1 is 1.23 bits per heavy atom. The number of carbonyl (C=O) groups excluding carboxylic acids is 2. The molecule has 1 saturated heterocycles. The van der Waals surface area contributed by atoms with Crippen LogP contribution in [0, 0.1) is 0 Å². The SMILES string of the molecule is COC(=O)CN(C)Cc1c(C(=O)N2CCCCCCC2)nc2sccn12. The number of esters is 1. The molecule has 2 aromatic rings. The third kappa shape index (κ3) is 4.24. The predicted molar refractivity (Wildman–Crippen MR) is 100 cm³/mol. The van der Waals surface area contributed by atoms with Crippen LogP contribution in [-0.4, -0.2) is 64.9 Å². The van der Waals surface area contributed by atoms with Crippen LogP contribution in [0.3, 0.4) is 0 Å². The number of likely N-dealkylation sites (tertiary alicyclic amines) is 1. The summed E-state index contributed by atoms with van der Waals surface area (Å²) in [6.45, 7) is 2.22. The van der Waals surface area contributed by atoms with Crippen LogP contribution in [-0.2, 0) is 16.1 Å². The van der Waals surface area contributed by atoms with E-state index in [9.17, 15) is 9.59 Å². The van der Waals surface area contributed by atoms with Crippen LogP contribution in [0.15, 0.2) is 11.6 Å². The van der Waals surface area contributed by atoms with E-state index in [4.69, 9.17) is 4.74 Å². The van der Waals surface area contributed by atoms with Gasteiger partial charge in [0.25, 0.3) is 5.91 Å². The van der Waals surface area contributed by atoms with E-state index in [0.29, 0.717) is 12.2 Å². The zero-order chi connectivity index (χ0) is 18.5. The number of likely N-dealkylation sites (N-methyl/N-ethyl adjacent to an activating group) is 1. The quantitative estimate of drug-likeness (QED) is 0.748. The van der Waals surface area contributed by atoms with Gasteiger partial charge in [0, 0.05) is 31.2 Å². The summed E-state index contributed by atoms with van der Waals surface area (Å²) in [6.07, 6.45) is 7.63. The van der Waals surface area contributed by atoms with Crippen LogP contribution < -0.4 is 0 Å². The van der Waals surface area contributed by atoms with Crippen molar-refractivity contribution in [3.8, 4) is 0 Å². The number of aromatic nitrogens is 2. The molecule has 0 N–H and O–H groups in total.